The molecule has 42 heavy (non-hydrogen) atoms. The number of benzene rings is 1. The Bertz CT molecular complexity index is 1790. The molecule has 2 amide bonds. The Balaban J connectivity index is 1.26. The summed E-state index contributed by atoms with van der Waals surface area (Å²) < 4.78 is 19.0. The quantitative estimate of drug-likeness (QED) is 0.347. The zero-order chi connectivity index (χ0) is 29.1. The normalized spacial score (nSPS) is 18.5. The summed E-state index contributed by atoms with van der Waals surface area (Å²) in [5.41, 5.74) is 3.85. The van der Waals surface area contributed by atoms with Gasteiger partial charge in [-0.2, -0.15) is 0 Å². The number of allylic oxidation sites excluding steroid dienone is 2. The van der Waals surface area contributed by atoms with Crippen molar-refractivity contribution in [2.45, 2.75) is 32.4 Å². The molecule has 0 unspecified atom stereocenters. The minimum atomic E-state index is -0.445. The molecule has 9 nitrogen and oxygen atoms in total. The summed E-state index contributed by atoms with van der Waals surface area (Å²) in [6, 6.07) is 8.39. The predicted molar refractivity (Wildman–Crippen MR) is 157 cm³/mol. The number of carbonyl (C=O) groups is 3. The van der Waals surface area contributed by atoms with E-state index in [0.29, 0.717) is 64.6 Å². The fourth-order valence-corrected chi connectivity index (χ4v) is 6.89. The molecule has 0 spiro atoms. The number of ketones is 2. The lowest BCUT2D eigenvalue weighted by Gasteiger charge is -2.33. The first-order valence-corrected chi connectivity index (χ1v) is 14.5. The summed E-state index contributed by atoms with van der Waals surface area (Å²) in [6.07, 6.45) is 7.18. The van der Waals surface area contributed by atoms with Gasteiger partial charge in [0.05, 0.1) is 29.4 Å². The van der Waals surface area contributed by atoms with E-state index in [1.54, 1.807) is 20.4 Å². The number of hydrogen-bond donors (Lipinski definition) is 0. The largest absolute Gasteiger partial charge is 0.345 e. The third-order valence-corrected chi connectivity index (χ3v) is 9.03. The van der Waals surface area contributed by atoms with Crippen LogP contribution in [0, 0.1) is 11.7 Å². The molecule has 216 valence electrons. The van der Waals surface area contributed by atoms with Crippen LogP contribution in [-0.2, 0) is 22.7 Å². The molecule has 3 aliphatic rings. The summed E-state index contributed by atoms with van der Waals surface area (Å²) in [5.74, 6) is -0.523. The predicted octanol–water partition coefficient (Wildman–Crippen LogP) is 4.09. The van der Waals surface area contributed by atoms with Crippen LogP contribution in [0.1, 0.15) is 36.1 Å². The highest BCUT2D eigenvalue weighted by atomic mass is 19.1. The fourth-order valence-electron chi connectivity index (χ4n) is 6.89. The number of nitrogens with zero attached hydrogens (tertiary/aromatic N) is 6. The molecule has 1 aromatic carbocycles. The van der Waals surface area contributed by atoms with Crippen molar-refractivity contribution >= 4 is 45.3 Å². The van der Waals surface area contributed by atoms with E-state index in [1.807, 2.05) is 42.2 Å². The molecule has 1 aliphatic carbocycles. The molecule has 0 saturated carbocycles. The average molecular weight is 569 g/mol. The van der Waals surface area contributed by atoms with Gasteiger partial charge in [-0.05, 0) is 68.7 Å². The number of piperidine rings is 1. The zero-order valence-corrected chi connectivity index (χ0v) is 23.8. The summed E-state index contributed by atoms with van der Waals surface area (Å²) in [5, 5.41) is 0.573. The van der Waals surface area contributed by atoms with Gasteiger partial charge < -0.3 is 19.3 Å². The summed E-state index contributed by atoms with van der Waals surface area (Å²) in [6.45, 7) is 3.98. The van der Waals surface area contributed by atoms with Gasteiger partial charge >= 0.3 is 6.03 Å². The lowest BCUT2D eigenvalue weighted by atomic mass is 9.97. The molecule has 7 rings (SSSR count). The Kier molecular flexibility index (Phi) is 6.46. The van der Waals surface area contributed by atoms with Crippen LogP contribution in [0.25, 0.3) is 27.7 Å². The third-order valence-electron chi connectivity index (χ3n) is 9.03. The standard InChI is InChI=1S/C32H33FN6O3/c1-35-9-6-20(7-10-35)17-36(2)32(42)38-12-11-37-19-24(23-14-22(33)13-21(18-38)31(23)37)29-26(40)15-27(41)30(29)25-16-34-28-5-3-4-8-39(25)28/h3-5,8,13-14,16,19-20H,6-7,9-12,15,17-18H2,1-2H3. The monoisotopic (exact) mass is 568 g/mol. The molecule has 0 radical (unpaired) electrons. The van der Waals surface area contributed by atoms with Gasteiger partial charge in [0.15, 0.2) is 11.6 Å². The Morgan fingerprint density at radius 2 is 1.86 bits per heavy atom. The SMILES string of the molecule is CN1CCC(CN(C)C(=O)N2CCn3cc(C4=C(c5cnc6ccccn56)C(=O)CC4=O)c4cc(F)cc(c43)C2)CC1. The van der Waals surface area contributed by atoms with Gasteiger partial charge in [-0.1, -0.05) is 6.07 Å². The van der Waals surface area contributed by atoms with E-state index in [9.17, 15) is 14.4 Å². The maximum atomic E-state index is 15.2. The van der Waals surface area contributed by atoms with Crippen molar-refractivity contribution in [1.82, 2.24) is 28.7 Å². The maximum Gasteiger partial charge on any atom is 0.320 e. The van der Waals surface area contributed by atoms with Crippen molar-refractivity contribution in [3.8, 4) is 0 Å². The number of imidazole rings is 1. The Morgan fingerprint density at radius 3 is 2.67 bits per heavy atom. The highest BCUT2D eigenvalue weighted by molar-refractivity contribution is 6.51. The Morgan fingerprint density at radius 1 is 1.07 bits per heavy atom. The van der Waals surface area contributed by atoms with Crippen LogP contribution in [-0.4, -0.2) is 86.5 Å². The first kappa shape index (κ1) is 26.6. The van der Waals surface area contributed by atoms with Crippen LogP contribution in [0.3, 0.4) is 0 Å². The molecule has 1 saturated heterocycles. The number of urea groups is 1. The number of fused-ring (bicyclic) bond motifs is 1. The van der Waals surface area contributed by atoms with Crippen molar-refractivity contribution in [3.63, 3.8) is 0 Å². The lowest BCUT2D eigenvalue weighted by Crippen LogP contribution is -2.44. The second-order valence-electron chi connectivity index (χ2n) is 11.9. The number of hydrogen-bond acceptors (Lipinski definition) is 5. The molecular weight excluding hydrogens is 535 g/mol. The van der Waals surface area contributed by atoms with Gasteiger partial charge in [0, 0.05) is 62.1 Å². The van der Waals surface area contributed by atoms with Crippen molar-refractivity contribution < 1.29 is 18.8 Å². The first-order chi connectivity index (χ1) is 20.3. The third kappa shape index (κ3) is 4.41. The first-order valence-electron chi connectivity index (χ1n) is 14.5. The molecule has 3 aromatic heterocycles. The van der Waals surface area contributed by atoms with E-state index in [1.165, 1.54) is 12.1 Å². The molecule has 10 heteroatoms. The van der Waals surface area contributed by atoms with Gasteiger partial charge in [0.2, 0.25) is 0 Å². The second kappa shape index (κ2) is 10.2. The minimum absolute atomic E-state index is 0.0634. The number of likely N-dealkylation sites (tertiary alicyclic amines) is 1. The summed E-state index contributed by atoms with van der Waals surface area (Å²) in [4.78, 5) is 50.4. The second-order valence-corrected chi connectivity index (χ2v) is 11.9. The molecular formula is C32H33FN6O3. The van der Waals surface area contributed by atoms with Gasteiger partial charge in [0.1, 0.15) is 11.5 Å². The number of pyridine rings is 1. The van der Waals surface area contributed by atoms with Crippen LogP contribution in [0.2, 0.25) is 0 Å². The van der Waals surface area contributed by atoms with Crippen LogP contribution >= 0.6 is 0 Å². The van der Waals surface area contributed by atoms with E-state index < -0.39 is 5.82 Å². The van der Waals surface area contributed by atoms with E-state index in [4.69, 9.17) is 0 Å². The topological polar surface area (TPSA) is 83.2 Å². The van der Waals surface area contributed by atoms with E-state index in [0.717, 1.165) is 31.4 Å². The molecule has 0 bridgehead atoms. The zero-order valence-electron chi connectivity index (χ0n) is 23.8. The van der Waals surface area contributed by atoms with Crippen LogP contribution < -0.4 is 0 Å². The van der Waals surface area contributed by atoms with Crippen molar-refractivity contribution in [2.75, 3.05) is 40.3 Å². The van der Waals surface area contributed by atoms with E-state index in [2.05, 4.69) is 16.9 Å². The van der Waals surface area contributed by atoms with Gasteiger partial charge in [-0.25, -0.2) is 14.2 Å². The number of carbonyl (C=O) groups excluding carboxylic acids is 3. The maximum absolute atomic E-state index is 15.2. The summed E-state index contributed by atoms with van der Waals surface area (Å²) >= 11 is 0. The molecule has 2 aliphatic heterocycles. The van der Waals surface area contributed by atoms with Gasteiger partial charge in [-0.3, -0.25) is 14.0 Å². The molecule has 0 atom stereocenters. The van der Waals surface area contributed by atoms with E-state index in [-0.39, 0.29) is 30.6 Å². The van der Waals surface area contributed by atoms with Crippen molar-refractivity contribution in [1.29, 1.82) is 0 Å². The highest BCUT2D eigenvalue weighted by Crippen LogP contribution is 2.41. The van der Waals surface area contributed by atoms with Gasteiger partial charge in [0.25, 0.3) is 0 Å². The average Bonchev–Trinajstić information content (AvgIpc) is 3.59. The fraction of sp³-hybridized carbons (Fsp3) is 0.375. The number of halogens is 1. The molecule has 4 aromatic rings. The molecule has 5 heterocycles. The van der Waals surface area contributed by atoms with Crippen molar-refractivity contribution in [2.24, 2.45) is 5.92 Å². The highest BCUT2D eigenvalue weighted by Gasteiger charge is 2.36. The van der Waals surface area contributed by atoms with Crippen LogP contribution in [0.15, 0.2) is 48.9 Å². The Hall–Kier alpha value is -4.31. The Labute approximate surface area is 242 Å². The molecule has 0 N–H and O–H groups in total. The number of amides is 2. The number of Topliss-reactive ketones (excluding diaryl/α,β-unsaturated/α-hetero) is 2. The van der Waals surface area contributed by atoms with Crippen molar-refractivity contribution in [3.05, 3.63) is 71.6 Å². The minimum Gasteiger partial charge on any atom is -0.345 e. The van der Waals surface area contributed by atoms with Crippen LogP contribution in [0.5, 0.6) is 0 Å². The van der Waals surface area contributed by atoms with E-state index >= 15 is 4.39 Å². The van der Waals surface area contributed by atoms with Gasteiger partial charge in [-0.15, -0.1) is 0 Å². The van der Waals surface area contributed by atoms with Crippen LogP contribution in [0.4, 0.5) is 9.18 Å². The number of aromatic nitrogens is 3. The lowest BCUT2D eigenvalue weighted by molar-refractivity contribution is -0.119. The molecule has 1 fully saturated rings. The number of rotatable bonds is 4. The summed E-state index contributed by atoms with van der Waals surface area (Å²) in [7, 11) is 3.97. The smallest absolute Gasteiger partial charge is 0.320 e.